The minimum absolute atomic E-state index is 0.0364. The second-order valence-electron chi connectivity index (χ2n) is 7.63. The molecule has 1 aliphatic heterocycles. The highest BCUT2D eigenvalue weighted by atomic mass is 28.4. The number of hydrogen-bond donors (Lipinski definition) is 1. The van der Waals surface area contributed by atoms with Gasteiger partial charge in [0.25, 0.3) is 0 Å². The lowest BCUT2D eigenvalue weighted by molar-refractivity contribution is -0.173. The highest BCUT2D eigenvalue weighted by Gasteiger charge is 2.41. The van der Waals surface area contributed by atoms with Crippen molar-refractivity contribution in [2.24, 2.45) is 11.8 Å². The Labute approximate surface area is 124 Å². The third-order valence-corrected chi connectivity index (χ3v) is 9.34. The molecule has 0 bridgehead atoms. The zero-order valence-electron chi connectivity index (χ0n) is 13.9. The zero-order chi connectivity index (χ0) is 15.7. The summed E-state index contributed by atoms with van der Waals surface area (Å²) < 4.78 is 11.6. The van der Waals surface area contributed by atoms with Crippen LogP contribution in [0.4, 0.5) is 0 Å². The van der Waals surface area contributed by atoms with Crippen LogP contribution in [0.15, 0.2) is 0 Å². The van der Waals surface area contributed by atoms with Crippen molar-refractivity contribution in [2.45, 2.75) is 71.4 Å². The molecule has 1 fully saturated rings. The molecular formula is C15H30O4Si. The molecule has 1 aliphatic rings. The quantitative estimate of drug-likeness (QED) is 0.641. The molecule has 1 rings (SSSR count). The minimum Gasteiger partial charge on any atom is -0.462 e. The average molecular weight is 302 g/mol. The molecule has 118 valence electrons. The van der Waals surface area contributed by atoms with Crippen LogP contribution < -0.4 is 0 Å². The van der Waals surface area contributed by atoms with Gasteiger partial charge in [-0.25, -0.2) is 0 Å². The molecule has 0 amide bonds. The smallest absolute Gasteiger partial charge is 0.308 e. The summed E-state index contributed by atoms with van der Waals surface area (Å²) in [5.74, 6) is -0.247. The van der Waals surface area contributed by atoms with Crippen LogP contribution in [0.1, 0.15) is 41.0 Å². The van der Waals surface area contributed by atoms with E-state index < -0.39 is 14.4 Å². The van der Waals surface area contributed by atoms with Gasteiger partial charge in [-0.2, -0.15) is 0 Å². The van der Waals surface area contributed by atoms with Gasteiger partial charge in [-0.05, 0) is 18.1 Å². The molecule has 1 heterocycles. The van der Waals surface area contributed by atoms with E-state index in [9.17, 15) is 9.90 Å². The van der Waals surface area contributed by atoms with Crippen molar-refractivity contribution in [3.8, 4) is 0 Å². The Morgan fingerprint density at radius 3 is 2.50 bits per heavy atom. The molecule has 0 aromatic rings. The number of aliphatic hydroxyl groups excluding tert-OH is 1. The van der Waals surface area contributed by atoms with E-state index in [1.807, 2.05) is 13.8 Å². The van der Waals surface area contributed by atoms with Crippen LogP contribution in [0.3, 0.4) is 0 Å². The molecule has 1 N–H and O–H groups in total. The number of aliphatic hydroxyl groups is 1. The van der Waals surface area contributed by atoms with E-state index in [2.05, 4.69) is 33.9 Å². The standard InChI is InChI=1S/C15H30O4Si/c1-10(9-18-20(6,7)15(3,4)5)14-11(2)12(16)8-13(17)19-14/h10-12,14,16H,8-9H2,1-7H3/t10-,11-,12-,14-/m0/s1. The van der Waals surface area contributed by atoms with Gasteiger partial charge in [-0.3, -0.25) is 4.79 Å². The Morgan fingerprint density at radius 2 is 2.00 bits per heavy atom. The number of ether oxygens (including phenoxy) is 1. The largest absolute Gasteiger partial charge is 0.462 e. The normalized spacial score (nSPS) is 30.0. The van der Waals surface area contributed by atoms with Crippen LogP contribution in [-0.2, 0) is 14.0 Å². The first-order chi connectivity index (χ1) is 8.95. The number of rotatable bonds is 4. The monoisotopic (exact) mass is 302 g/mol. The molecule has 0 saturated carbocycles. The third kappa shape index (κ3) is 4.05. The summed E-state index contributed by atoms with van der Waals surface area (Å²) in [6, 6.07) is 0. The van der Waals surface area contributed by atoms with Crippen molar-refractivity contribution in [2.75, 3.05) is 6.61 Å². The van der Waals surface area contributed by atoms with E-state index in [-0.39, 0.29) is 35.4 Å². The van der Waals surface area contributed by atoms with Crippen molar-refractivity contribution in [1.29, 1.82) is 0 Å². The van der Waals surface area contributed by atoms with Gasteiger partial charge in [0, 0.05) is 18.4 Å². The second-order valence-corrected chi connectivity index (χ2v) is 12.4. The van der Waals surface area contributed by atoms with Gasteiger partial charge in [0.15, 0.2) is 8.32 Å². The summed E-state index contributed by atoms with van der Waals surface area (Å²) in [5, 5.41) is 10.1. The Bertz CT molecular complexity index is 348. The van der Waals surface area contributed by atoms with E-state index in [4.69, 9.17) is 9.16 Å². The van der Waals surface area contributed by atoms with Gasteiger partial charge in [0.2, 0.25) is 0 Å². The van der Waals surface area contributed by atoms with Gasteiger partial charge in [-0.1, -0.05) is 34.6 Å². The lowest BCUT2D eigenvalue weighted by Gasteiger charge is -2.40. The Balaban J connectivity index is 2.62. The Morgan fingerprint density at radius 1 is 1.45 bits per heavy atom. The van der Waals surface area contributed by atoms with E-state index >= 15 is 0 Å². The lowest BCUT2D eigenvalue weighted by atomic mass is 9.86. The number of esters is 1. The third-order valence-electron chi connectivity index (χ3n) is 4.84. The fourth-order valence-corrected chi connectivity index (χ4v) is 3.28. The molecular weight excluding hydrogens is 272 g/mol. The van der Waals surface area contributed by atoms with Crippen LogP contribution >= 0.6 is 0 Å². The van der Waals surface area contributed by atoms with E-state index in [1.165, 1.54) is 0 Å². The van der Waals surface area contributed by atoms with Gasteiger partial charge in [0.05, 0.1) is 12.5 Å². The maximum absolute atomic E-state index is 11.5. The molecule has 5 heteroatoms. The summed E-state index contributed by atoms with van der Waals surface area (Å²) >= 11 is 0. The number of cyclic esters (lactones) is 1. The first-order valence-corrected chi connectivity index (χ1v) is 10.4. The first kappa shape index (κ1) is 17.7. The number of carbonyl (C=O) groups excluding carboxylic acids is 1. The molecule has 20 heavy (non-hydrogen) atoms. The summed E-state index contributed by atoms with van der Waals surface area (Å²) in [4.78, 5) is 11.5. The molecule has 4 nitrogen and oxygen atoms in total. The summed E-state index contributed by atoms with van der Waals surface area (Å²) in [6.45, 7) is 15.6. The topological polar surface area (TPSA) is 55.8 Å². The molecule has 0 aromatic heterocycles. The Kier molecular flexibility index (Phi) is 5.44. The van der Waals surface area contributed by atoms with Crippen LogP contribution in [0, 0.1) is 11.8 Å². The lowest BCUT2D eigenvalue weighted by Crippen LogP contribution is -2.47. The maximum Gasteiger partial charge on any atom is 0.308 e. The second kappa shape index (κ2) is 6.16. The molecule has 0 aliphatic carbocycles. The summed E-state index contributed by atoms with van der Waals surface area (Å²) in [6.07, 6.45) is -0.749. The van der Waals surface area contributed by atoms with Crippen LogP contribution in [-0.4, -0.2) is 38.2 Å². The summed E-state index contributed by atoms with van der Waals surface area (Å²) in [7, 11) is -1.79. The molecule has 0 spiro atoms. The van der Waals surface area contributed by atoms with Crippen LogP contribution in [0.25, 0.3) is 0 Å². The van der Waals surface area contributed by atoms with Gasteiger partial charge in [0.1, 0.15) is 6.10 Å². The van der Waals surface area contributed by atoms with Crippen molar-refractivity contribution in [3.05, 3.63) is 0 Å². The number of hydrogen-bond acceptors (Lipinski definition) is 4. The predicted octanol–water partition coefficient (Wildman–Crippen LogP) is 2.96. The first-order valence-electron chi connectivity index (χ1n) is 7.47. The highest BCUT2D eigenvalue weighted by molar-refractivity contribution is 6.74. The molecule has 0 unspecified atom stereocenters. The average Bonchev–Trinajstić information content (AvgIpc) is 2.29. The molecule has 0 aromatic carbocycles. The summed E-state index contributed by atoms with van der Waals surface area (Å²) in [5.41, 5.74) is 0. The van der Waals surface area contributed by atoms with Crippen LogP contribution in [0.5, 0.6) is 0 Å². The fraction of sp³-hybridized carbons (Fsp3) is 0.933. The van der Waals surface area contributed by atoms with Gasteiger partial charge < -0.3 is 14.3 Å². The SMILES string of the molecule is C[C@@H]1[C@H]([C@@H](C)CO[Si](C)(C)C(C)(C)C)OC(=O)C[C@@H]1O. The zero-order valence-corrected chi connectivity index (χ0v) is 14.9. The van der Waals surface area contributed by atoms with Crippen LogP contribution in [0.2, 0.25) is 18.1 Å². The van der Waals surface area contributed by atoms with E-state index in [0.717, 1.165) is 0 Å². The van der Waals surface area contributed by atoms with Gasteiger partial charge >= 0.3 is 5.97 Å². The fourth-order valence-electron chi connectivity index (χ4n) is 2.17. The predicted molar refractivity (Wildman–Crippen MR) is 82.0 cm³/mol. The van der Waals surface area contributed by atoms with Crippen molar-refractivity contribution in [1.82, 2.24) is 0 Å². The highest BCUT2D eigenvalue weighted by Crippen LogP contribution is 2.37. The van der Waals surface area contributed by atoms with Crippen molar-refractivity contribution < 1.29 is 19.1 Å². The minimum atomic E-state index is -1.79. The Hall–Kier alpha value is -0.393. The van der Waals surface area contributed by atoms with Crippen molar-refractivity contribution in [3.63, 3.8) is 0 Å². The van der Waals surface area contributed by atoms with Gasteiger partial charge in [-0.15, -0.1) is 0 Å². The van der Waals surface area contributed by atoms with Crippen molar-refractivity contribution >= 4 is 14.3 Å². The molecule has 4 atom stereocenters. The molecule has 0 radical (unpaired) electrons. The number of carbonyl (C=O) groups is 1. The molecule has 1 saturated heterocycles. The maximum atomic E-state index is 11.5. The van der Waals surface area contributed by atoms with E-state index in [1.54, 1.807) is 0 Å². The van der Waals surface area contributed by atoms with E-state index in [0.29, 0.717) is 6.61 Å².